The Morgan fingerprint density at radius 2 is 2.27 bits per heavy atom. The molecule has 0 unspecified atom stereocenters. The van der Waals surface area contributed by atoms with Gasteiger partial charge in [-0.05, 0) is 18.4 Å². The second-order valence-corrected chi connectivity index (χ2v) is 3.02. The Kier molecular flexibility index (Phi) is 2.60. The molecule has 0 aromatic heterocycles. The SMILES string of the molecule is C=Cc1c(N)cccc1SC. The molecule has 0 aliphatic heterocycles. The van der Waals surface area contributed by atoms with Crippen molar-refractivity contribution in [2.24, 2.45) is 0 Å². The molecular formula is C9H11NS. The molecular weight excluding hydrogens is 154 g/mol. The molecule has 1 nitrogen and oxygen atoms in total. The average Bonchev–Trinajstić information content (AvgIpc) is 2.04. The van der Waals surface area contributed by atoms with Crippen LogP contribution in [0.2, 0.25) is 0 Å². The first-order valence-electron chi connectivity index (χ1n) is 3.34. The van der Waals surface area contributed by atoms with Crippen LogP contribution < -0.4 is 5.73 Å². The summed E-state index contributed by atoms with van der Waals surface area (Å²) in [5.74, 6) is 0. The number of benzene rings is 1. The third-order valence-electron chi connectivity index (χ3n) is 1.52. The molecule has 0 radical (unpaired) electrons. The topological polar surface area (TPSA) is 26.0 Å². The molecule has 0 saturated heterocycles. The van der Waals surface area contributed by atoms with E-state index < -0.39 is 0 Å². The fourth-order valence-corrected chi connectivity index (χ4v) is 1.59. The van der Waals surface area contributed by atoms with Crippen LogP contribution in [0.4, 0.5) is 5.69 Å². The normalized spacial score (nSPS) is 9.55. The number of rotatable bonds is 2. The van der Waals surface area contributed by atoms with Crippen molar-refractivity contribution in [3.8, 4) is 0 Å². The molecule has 1 aromatic rings. The van der Waals surface area contributed by atoms with Gasteiger partial charge in [0.25, 0.3) is 0 Å². The number of anilines is 1. The first-order chi connectivity index (χ1) is 5.29. The lowest BCUT2D eigenvalue weighted by atomic mass is 10.2. The maximum atomic E-state index is 5.72. The summed E-state index contributed by atoms with van der Waals surface area (Å²) in [6.07, 6.45) is 3.82. The van der Waals surface area contributed by atoms with Crippen molar-refractivity contribution in [2.75, 3.05) is 12.0 Å². The molecule has 2 N–H and O–H groups in total. The zero-order valence-corrected chi connectivity index (χ0v) is 7.32. The predicted octanol–water partition coefficient (Wildman–Crippen LogP) is 2.63. The molecule has 0 aliphatic carbocycles. The molecule has 0 amide bonds. The Labute approximate surface area is 71.3 Å². The van der Waals surface area contributed by atoms with E-state index in [0.29, 0.717) is 0 Å². The van der Waals surface area contributed by atoms with Gasteiger partial charge in [0.2, 0.25) is 0 Å². The van der Waals surface area contributed by atoms with E-state index in [0.717, 1.165) is 11.3 Å². The number of nitrogens with two attached hydrogens (primary N) is 1. The fourth-order valence-electron chi connectivity index (χ4n) is 0.957. The van der Waals surface area contributed by atoms with Crippen molar-refractivity contribution in [3.05, 3.63) is 30.3 Å². The van der Waals surface area contributed by atoms with Crippen LogP contribution in [0.1, 0.15) is 5.56 Å². The summed E-state index contributed by atoms with van der Waals surface area (Å²) in [6, 6.07) is 5.88. The quantitative estimate of drug-likeness (QED) is 0.538. The summed E-state index contributed by atoms with van der Waals surface area (Å²) in [5.41, 5.74) is 7.56. The van der Waals surface area contributed by atoms with Crippen molar-refractivity contribution >= 4 is 23.5 Å². The van der Waals surface area contributed by atoms with Gasteiger partial charge in [-0.3, -0.25) is 0 Å². The van der Waals surface area contributed by atoms with Crippen LogP contribution in [0.25, 0.3) is 6.08 Å². The second kappa shape index (κ2) is 3.49. The first-order valence-corrected chi connectivity index (χ1v) is 4.57. The van der Waals surface area contributed by atoms with Gasteiger partial charge >= 0.3 is 0 Å². The Morgan fingerprint density at radius 1 is 1.55 bits per heavy atom. The van der Waals surface area contributed by atoms with Crippen LogP contribution in [-0.2, 0) is 0 Å². The molecule has 0 fully saturated rings. The maximum absolute atomic E-state index is 5.72. The molecule has 0 aliphatic rings. The average molecular weight is 165 g/mol. The highest BCUT2D eigenvalue weighted by Crippen LogP contribution is 2.25. The van der Waals surface area contributed by atoms with E-state index in [4.69, 9.17) is 5.73 Å². The highest BCUT2D eigenvalue weighted by molar-refractivity contribution is 7.98. The van der Waals surface area contributed by atoms with Crippen LogP contribution in [0, 0.1) is 0 Å². The zero-order chi connectivity index (χ0) is 8.27. The highest BCUT2D eigenvalue weighted by Gasteiger charge is 1.99. The standard InChI is InChI=1S/C9H11NS/c1-3-7-8(10)5-4-6-9(7)11-2/h3-6H,1,10H2,2H3. The van der Waals surface area contributed by atoms with Crippen molar-refractivity contribution in [3.63, 3.8) is 0 Å². The van der Waals surface area contributed by atoms with Gasteiger partial charge in [-0.1, -0.05) is 18.7 Å². The van der Waals surface area contributed by atoms with E-state index in [1.54, 1.807) is 17.8 Å². The number of hydrogen-bond donors (Lipinski definition) is 1. The monoisotopic (exact) mass is 165 g/mol. The van der Waals surface area contributed by atoms with E-state index in [2.05, 4.69) is 6.58 Å². The van der Waals surface area contributed by atoms with Crippen molar-refractivity contribution in [2.45, 2.75) is 4.90 Å². The summed E-state index contributed by atoms with van der Waals surface area (Å²) in [7, 11) is 0. The number of thioether (sulfide) groups is 1. The van der Waals surface area contributed by atoms with Gasteiger partial charge in [-0.2, -0.15) is 0 Å². The van der Waals surface area contributed by atoms with E-state index in [9.17, 15) is 0 Å². The Balaban J connectivity index is 3.24. The summed E-state index contributed by atoms with van der Waals surface area (Å²) in [5, 5.41) is 0. The van der Waals surface area contributed by atoms with E-state index in [-0.39, 0.29) is 0 Å². The minimum atomic E-state index is 0.798. The van der Waals surface area contributed by atoms with Crippen LogP contribution in [0.3, 0.4) is 0 Å². The van der Waals surface area contributed by atoms with E-state index >= 15 is 0 Å². The van der Waals surface area contributed by atoms with Crippen LogP contribution >= 0.6 is 11.8 Å². The minimum absolute atomic E-state index is 0.798. The molecule has 11 heavy (non-hydrogen) atoms. The fraction of sp³-hybridized carbons (Fsp3) is 0.111. The number of nitrogen functional groups attached to an aromatic ring is 1. The molecule has 0 atom stereocenters. The minimum Gasteiger partial charge on any atom is -0.398 e. The zero-order valence-electron chi connectivity index (χ0n) is 6.50. The molecule has 1 aromatic carbocycles. The predicted molar refractivity (Wildman–Crippen MR) is 52.7 cm³/mol. The second-order valence-electron chi connectivity index (χ2n) is 2.17. The molecule has 0 bridgehead atoms. The summed E-state index contributed by atoms with van der Waals surface area (Å²) in [6.45, 7) is 3.71. The Hall–Kier alpha value is -0.890. The van der Waals surface area contributed by atoms with Crippen molar-refractivity contribution in [1.29, 1.82) is 0 Å². The van der Waals surface area contributed by atoms with Crippen LogP contribution in [0.5, 0.6) is 0 Å². The van der Waals surface area contributed by atoms with Gasteiger partial charge < -0.3 is 5.73 Å². The lowest BCUT2D eigenvalue weighted by Gasteiger charge is -2.04. The third-order valence-corrected chi connectivity index (χ3v) is 2.32. The summed E-state index contributed by atoms with van der Waals surface area (Å²) in [4.78, 5) is 1.18. The molecule has 2 heteroatoms. The lowest BCUT2D eigenvalue weighted by molar-refractivity contribution is 1.43. The summed E-state index contributed by atoms with van der Waals surface area (Å²) < 4.78 is 0. The summed E-state index contributed by atoms with van der Waals surface area (Å²) >= 11 is 1.68. The maximum Gasteiger partial charge on any atom is 0.0398 e. The van der Waals surface area contributed by atoms with Gasteiger partial charge in [0.15, 0.2) is 0 Å². The third kappa shape index (κ3) is 1.57. The van der Waals surface area contributed by atoms with Gasteiger partial charge in [0.05, 0.1) is 0 Å². The Morgan fingerprint density at radius 3 is 2.73 bits per heavy atom. The smallest absolute Gasteiger partial charge is 0.0398 e. The molecule has 0 spiro atoms. The molecule has 58 valence electrons. The molecule has 1 rings (SSSR count). The van der Waals surface area contributed by atoms with E-state index in [1.165, 1.54) is 4.90 Å². The van der Waals surface area contributed by atoms with Crippen molar-refractivity contribution in [1.82, 2.24) is 0 Å². The van der Waals surface area contributed by atoms with Gasteiger partial charge in [0.1, 0.15) is 0 Å². The molecule has 0 heterocycles. The number of hydrogen-bond acceptors (Lipinski definition) is 2. The van der Waals surface area contributed by atoms with Gasteiger partial charge in [-0.25, -0.2) is 0 Å². The Bertz CT molecular complexity index is 268. The van der Waals surface area contributed by atoms with Crippen LogP contribution in [0.15, 0.2) is 29.7 Å². The first kappa shape index (κ1) is 8.21. The van der Waals surface area contributed by atoms with Gasteiger partial charge in [0, 0.05) is 16.1 Å². The highest BCUT2D eigenvalue weighted by atomic mass is 32.2. The largest absolute Gasteiger partial charge is 0.398 e. The van der Waals surface area contributed by atoms with E-state index in [1.807, 2.05) is 24.5 Å². The van der Waals surface area contributed by atoms with Crippen molar-refractivity contribution < 1.29 is 0 Å². The lowest BCUT2D eigenvalue weighted by Crippen LogP contribution is -1.89. The van der Waals surface area contributed by atoms with Gasteiger partial charge in [-0.15, -0.1) is 11.8 Å². The van der Waals surface area contributed by atoms with Crippen LogP contribution in [-0.4, -0.2) is 6.26 Å². The molecule has 0 saturated carbocycles.